The molecule has 0 aromatic carbocycles. The lowest BCUT2D eigenvalue weighted by atomic mass is 10.0. The molecule has 2 rings (SSSR count). The quantitative estimate of drug-likeness (QED) is 0.674. The van der Waals surface area contributed by atoms with E-state index in [0.717, 1.165) is 5.92 Å². The Labute approximate surface area is 99.3 Å². The van der Waals surface area contributed by atoms with Crippen LogP contribution in [0.3, 0.4) is 0 Å². The van der Waals surface area contributed by atoms with Crippen molar-refractivity contribution in [3.05, 3.63) is 0 Å². The summed E-state index contributed by atoms with van der Waals surface area (Å²) in [4.78, 5) is 0. The first-order valence-corrected chi connectivity index (χ1v) is 6.87. The van der Waals surface area contributed by atoms with Crippen LogP contribution in [0.2, 0.25) is 0 Å². The van der Waals surface area contributed by atoms with Gasteiger partial charge in [0.1, 0.15) is 0 Å². The molecular weight excluding hydrogens is 200 g/mol. The SMILES string of the molecule is COC1CCCC1NCCCC1CCNC1. The Bertz CT molecular complexity index is 192. The second kappa shape index (κ2) is 6.58. The number of methoxy groups -OCH3 is 1. The van der Waals surface area contributed by atoms with Crippen LogP contribution in [0, 0.1) is 5.92 Å². The van der Waals surface area contributed by atoms with Gasteiger partial charge >= 0.3 is 0 Å². The molecule has 2 N–H and O–H groups in total. The number of ether oxygens (including phenoxy) is 1. The Morgan fingerprint density at radius 1 is 1.31 bits per heavy atom. The van der Waals surface area contributed by atoms with Crippen LogP contribution in [-0.2, 0) is 4.74 Å². The summed E-state index contributed by atoms with van der Waals surface area (Å²) in [6.45, 7) is 3.64. The fourth-order valence-electron chi connectivity index (χ4n) is 3.08. The van der Waals surface area contributed by atoms with Crippen LogP contribution in [-0.4, -0.2) is 38.9 Å². The number of hydrogen-bond donors (Lipinski definition) is 2. The first kappa shape index (κ1) is 12.3. The molecule has 1 saturated carbocycles. The molecule has 94 valence electrons. The average Bonchev–Trinajstić information content (AvgIpc) is 2.95. The van der Waals surface area contributed by atoms with E-state index in [-0.39, 0.29) is 0 Å². The Balaban J connectivity index is 1.53. The van der Waals surface area contributed by atoms with Gasteiger partial charge in [0.2, 0.25) is 0 Å². The summed E-state index contributed by atoms with van der Waals surface area (Å²) in [5.74, 6) is 0.934. The lowest BCUT2D eigenvalue weighted by Gasteiger charge is -2.20. The summed E-state index contributed by atoms with van der Waals surface area (Å²) in [6, 6.07) is 0.617. The van der Waals surface area contributed by atoms with E-state index >= 15 is 0 Å². The third-order valence-corrected chi connectivity index (χ3v) is 4.11. The van der Waals surface area contributed by atoms with Crippen molar-refractivity contribution in [2.45, 2.75) is 50.7 Å². The predicted molar refractivity (Wildman–Crippen MR) is 66.6 cm³/mol. The monoisotopic (exact) mass is 226 g/mol. The minimum atomic E-state index is 0.466. The van der Waals surface area contributed by atoms with Crippen molar-refractivity contribution in [2.24, 2.45) is 5.92 Å². The molecule has 3 unspecified atom stereocenters. The van der Waals surface area contributed by atoms with E-state index < -0.39 is 0 Å². The zero-order chi connectivity index (χ0) is 11.2. The average molecular weight is 226 g/mol. The van der Waals surface area contributed by atoms with Crippen molar-refractivity contribution in [3.8, 4) is 0 Å². The lowest BCUT2D eigenvalue weighted by Crippen LogP contribution is -2.37. The largest absolute Gasteiger partial charge is 0.380 e. The summed E-state index contributed by atoms with van der Waals surface area (Å²) in [5, 5.41) is 7.09. The van der Waals surface area contributed by atoms with Gasteiger partial charge in [-0.05, 0) is 64.1 Å². The summed E-state index contributed by atoms with van der Waals surface area (Å²) >= 11 is 0. The zero-order valence-corrected chi connectivity index (χ0v) is 10.5. The molecule has 0 amide bonds. The molecule has 0 bridgehead atoms. The molecule has 16 heavy (non-hydrogen) atoms. The van der Waals surface area contributed by atoms with Crippen molar-refractivity contribution in [1.82, 2.24) is 10.6 Å². The van der Waals surface area contributed by atoms with Gasteiger partial charge in [0.25, 0.3) is 0 Å². The Morgan fingerprint density at radius 2 is 2.25 bits per heavy atom. The van der Waals surface area contributed by atoms with Gasteiger partial charge in [-0.2, -0.15) is 0 Å². The van der Waals surface area contributed by atoms with E-state index in [1.54, 1.807) is 0 Å². The second-order valence-corrected chi connectivity index (χ2v) is 5.27. The lowest BCUT2D eigenvalue weighted by molar-refractivity contribution is 0.0851. The molecule has 3 nitrogen and oxygen atoms in total. The molecule has 1 saturated heterocycles. The van der Waals surface area contributed by atoms with Crippen molar-refractivity contribution >= 4 is 0 Å². The van der Waals surface area contributed by atoms with E-state index in [4.69, 9.17) is 4.74 Å². The summed E-state index contributed by atoms with van der Waals surface area (Å²) < 4.78 is 5.48. The normalized spacial score (nSPS) is 34.7. The van der Waals surface area contributed by atoms with Gasteiger partial charge in [0.05, 0.1) is 6.10 Å². The molecule has 2 fully saturated rings. The van der Waals surface area contributed by atoms with Gasteiger partial charge in [-0.1, -0.05) is 0 Å². The summed E-state index contributed by atoms with van der Waals surface area (Å²) in [7, 11) is 1.84. The molecule has 2 aliphatic rings. The number of rotatable bonds is 6. The van der Waals surface area contributed by atoms with Crippen molar-refractivity contribution < 1.29 is 4.74 Å². The fraction of sp³-hybridized carbons (Fsp3) is 1.00. The first-order chi connectivity index (χ1) is 7.90. The number of nitrogens with one attached hydrogen (secondary N) is 2. The molecule has 0 radical (unpaired) electrons. The Morgan fingerprint density at radius 3 is 3.00 bits per heavy atom. The molecule has 1 heterocycles. The predicted octanol–water partition coefficient (Wildman–Crippen LogP) is 1.53. The molecule has 0 spiro atoms. The molecule has 3 atom stereocenters. The van der Waals surface area contributed by atoms with Crippen LogP contribution >= 0.6 is 0 Å². The minimum Gasteiger partial charge on any atom is -0.380 e. The van der Waals surface area contributed by atoms with Crippen molar-refractivity contribution in [1.29, 1.82) is 0 Å². The maximum absolute atomic E-state index is 5.48. The first-order valence-electron chi connectivity index (χ1n) is 6.87. The van der Waals surface area contributed by atoms with Gasteiger partial charge in [-0.15, -0.1) is 0 Å². The van der Waals surface area contributed by atoms with Crippen LogP contribution in [0.15, 0.2) is 0 Å². The Kier molecular flexibility index (Phi) is 5.07. The topological polar surface area (TPSA) is 33.3 Å². The van der Waals surface area contributed by atoms with Gasteiger partial charge in [-0.25, -0.2) is 0 Å². The minimum absolute atomic E-state index is 0.466. The van der Waals surface area contributed by atoms with E-state index in [1.807, 2.05) is 7.11 Å². The molecule has 0 aromatic heterocycles. The van der Waals surface area contributed by atoms with Gasteiger partial charge in [0.15, 0.2) is 0 Å². The van der Waals surface area contributed by atoms with E-state index in [0.29, 0.717) is 12.1 Å². The maximum Gasteiger partial charge on any atom is 0.0724 e. The highest BCUT2D eigenvalue weighted by Crippen LogP contribution is 2.21. The van der Waals surface area contributed by atoms with Gasteiger partial charge in [0, 0.05) is 13.2 Å². The molecule has 0 aromatic rings. The van der Waals surface area contributed by atoms with Gasteiger partial charge < -0.3 is 15.4 Å². The highest BCUT2D eigenvalue weighted by atomic mass is 16.5. The third kappa shape index (κ3) is 3.44. The van der Waals surface area contributed by atoms with E-state index in [2.05, 4.69) is 10.6 Å². The van der Waals surface area contributed by atoms with Crippen LogP contribution in [0.5, 0.6) is 0 Å². The molecular formula is C13H26N2O. The summed E-state index contributed by atoms with van der Waals surface area (Å²) in [6.07, 6.45) is 8.40. The molecule has 1 aliphatic carbocycles. The zero-order valence-electron chi connectivity index (χ0n) is 10.5. The van der Waals surface area contributed by atoms with Crippen molar-refractivity contribution in [2.75, 3.05) is 26.7 Å². The van der Waals surface area contributed by atoms with E-state index in [1.165, 1.54) is 58.2 Å². The Hall–Kier alpha value is -0.120. The third-order valence-electron chi connectivity index (χ3n) is 4.11. The summed E-state index contributed by atoms with van der Waals surface area (Å²) in [5.41, 5.74) is 0. The highest BCUT2D eigenvalue weighted by Gasteiger charge is 2.26. The fourth-order valence-corrected chi connectivity index (χ4v) is 3.08. The number of hydrogen-bond acceptors (Lipinski definition) is 3. The van der Waals surface area contributed by atoms with Crippen LogP contribution in [0.4, 0.5) is 0 Å². The second-order valence-electron chi connectivity index (χ2n) is 5.27. The van der Waals surface area contributed by atoms with Crippen LogP contribution < -0.4 is 10.6 Å². The van der Waals surface area contributed by atoms with Gasteiger partial charge in [-0.3, -0.25) is 0 Å². The molecule has 3 heteroatoms. The maximum atomic E-state index is 5.48. The standard InChI is InChI=1S/C13H26N2O/c1-16-13-6-2-5-12(13)15-8-3-4-11-7-9-14-10-11/h11-15H,2-10H2,1H3. The molecule has 1 aliphatic heterocycles. The highest BCUT2D eigenvalue weighted by molar-refractivity contribution is 4.83. The van der Waals surface area contributed by atoms with E-state index in [9.17, 15) is 0 Å². The van der Waals surface area contributed by atoms with Crippen LogP contribution in [0.1, 0.15) is 38.5 Å². The van der Waals surface area contributed by atoms with Crippen molar-refractivity contribution in [3.63, 3.8) is 0 Å². The van der Waals surface area contributed by atoms with Crippen LogP contribution in [0.25, 0.3) is 0 Å². The smallest absolute Gasteiger partial charge is 0.0724 e.